The van der Waals surface area contributed by atoms with E-state index in [9.17, 15) is 13.2 Å². The van der Waals surface area contributed by atoms with E-state index in [-0.39, 0.29) is 16.8 Å². The molecule has 3 heterocycles. The lowest BCUT2D eigenvalue weighted by molar-refractivity contribution is -0.120. The minimum absolute atomic E-state index is 0.138. The highest BCUT2D eigenvalue weighted by Crippen LogP contribution is 2.21. The van der Waals surface area contributed by atoms with Crippen molar-refractivity contribution in [2.24, 2.45) is 0 Å². The van der Waals surface area contributed by atoms with E-state index in [4.69, 9.17) is 0 Å². The maximum atomic E-state index is 12.9. The number of hydrogen-bond acceptors (Lipinski definition) is 8. The third kappa shape index (κ3) is 4.68. The number of nitrogens with zero attached hydrogens (tertiary/aromatic N) is 7. The second kappa shape index (κ2) is 9.04. The zero-order chi connectivity index (χ0) is 23.8. The molecular formula is C21H28N8O3S. The highest BCUT2D eigenvalue weighted by molar-refractivity contribution is 7.89. The molecule has 0 aliphatic carbocycles. The summed E-state index contributed by atoms with van der Waals surface area (Å²) in [5.41, 5.74) is 1.33. The topological polar surface area (TPSA) is 116 Å². The van der Waals surface area contributed by atoms with E-state index in [1.165, 1.54) is 32.6 Å². The first-order chi connectivity index (χ1) is 15.7. The molecule has 1 aromatic carbocycles. The number of amides is 1. The van der Waals surface area contributed by atoms with Gasteiger partial charge in [0, 0.05) is 57.7 Å². The third-order valence-corrected chi connectivity index (χ3v) is 7.62. The normalized spacial score (nSPS) is 16.3. The van der Waals surface area contributed by atoms with Crippen LogP contribution in [0.3, 0.4) is 0 Å². The van der Waals surface area contributed by atoms with Crippen molar-refractivity contribution in [3.8, 4) is 0 Å². The molecule has 1 unspecified atom stereocenters. The lowest BCUT2D eigenvalue weighted by Gasteiger charge is -2.38. The maximum Gasteiger partial charge on any atom is 0.254 e. The first-order valence-electron chi connectivity index (χ1n) is 10.7. The summed E-state index contributed by atoms with van der Waals surface area (Å²) in [6.45, 7) is 6.64. The summed E-state index contributed by atoms with van der Waals surface area (Å²) in [5.74, 6) is 1.32. The molecule has 1 fully saturated rings. The van der Waals surface area contributed by atoms with Gasteiger partial charge >= 0.3 is 0 Å². The molecule has 1 saturated heterocycles. The lowest BCUT2D eigenvalue weighted by atomic mass is 10.2. The Morgan fingerprint density at radius 1 is 1.15 bits per heavy atom. The lowest BCUT2D eigenvalue weighted by Crippen LogP contribution is -2.53. The molecule has 1 aliphatic heterocycles. The predicted molar refractivity (Wildman–Crippen MR) is 125 cm³/mol. The zero-order valence-electron chi connectivity index (χ0n) is 19.1. The Kier molecular flexibility index (Phi) is 6.32. The van der Waals surface area contributed by atoms with Crippen LogP contribution in [0.2, 0.25) is 0 Å². The summed E-state index contributed by atoms with van der Waals surface area (Å²) in [6.07, 6.45) is 1.49. The van der Waals surface area contributed by atoms with Gasteiger partial charge in [0.15, 0.2) is 0 Å². The number of nitrogens with one attached hydrogen (secondary N) is 1. The van der Waals surface area contributed by atoms with Gasteiger partial charge in [-0.2, -0.15) is 14.6 Å². The summed E-state index contributed by atoms with van der Waals surface area (Å²) in [4.78, 5) is 25.9. The first kappa shape index (κ1) is 23.1. The van der Waals surface area contributed by atoms with E-state index in [2.05, 4.69) is 30.2 Å². The van der Waals surface area contributed by atoms with Gasteiger partial charge in [-0.1, -0.05) is 6.07 Å². The van der Waals surface area contributed by atoms with Crippen LogP contribution >= 0.6 is 0 Å². The van der Waals surface area contributed by atoms with Gasteiger partial charge in [0.2, 0.25) is 15.9 Å². The van der Waals surface area contributed by atoms with Gasteiger partial charge in [0.25, 0.3) is 5.78 Å². The molecule has 2 aromatic heterocycles. The van der Waals surface area contributed by atoms with E-state index in [0.29, 0.717) is 24.6 Å². The van der Waals surface area contributed by atoms with Crippen molar-refractivity contribution in [2.45, 2.75) is 24.8 Å². The minimum atomic E-state index is -3.57. The van der Waals surface area contributed by atoms with Crippen LogP contribution in [0, 0.1) is 6.92 Å². The van der Waals surface area contributed by atoms with Gasteiger partial charge in [-0.3, -0.25) is 9.69 Å². The SMILES string of the molecule is Cc1cc(N2CCN(C(C)C(=O)Nc3cccc(S(=O)(=O)N(C)C)c3)CC2)n2ncnc2n1. The summed E-state index contributed by atoms with van der Waals surface area (Å²) >= 11 is 0. The van der Waals surface area contributed by atoms with Crippen molar-refractivity contribution in [1.82, 2.24) is 28.8 Å². The van der Waals surface area contributed by atoms with E-state index in [1.54, 1.807) is 16.6 Å². The van der Waals surface area contributed by atoms with Crippen LogP contribution in [0.25, 0.3) is 5.78 Å². The molecule has 1 N–H and O–H groups in total. The monoisotopic (exact) mass is 472 g/mol. The van der Waals surface area contributed by atoms with Crippen molar-refractivity contribution in [3.63, 3.8) is 0 Å². The zero-order valence-corrected chi connectivity index (χ0v) is 19.9. The summed E-state index contributed by atoms with van der Waals surface area (Å²) in [5, 5.41) is 7.13. The molecule has 0 radical (unpaired) electrons. The van der Waals surface area contributed by atoms with E-state index in [1.807, 2.05) is 19.9 Å². The Labute approximate surface area is 193 Å². The quantitative estimate of drug-likeness (QED) is 0.561. The second-order valence-electron chi connectivity index (χ2n) is 8.23. The first-order valence-corrected chi connectivity index (χ1v) is 12.1. The summed E-state index contributed by atoms with van der Waals surface area (Å²) in [7, 11) is -0.622. The Morgan fingerprint density at radius 3 is 2.58 bits per heavy atom. The van der Waals surface area contributed by atoms with Crippen molar-refractivity contribution in [3.05, 3.63) is 42.4 Å². The molecule has 12 heteroatoms. The van der Waals surface area contributed by atoms with Crippen molar-refractivity contribution < 1.29 is 13.2 Å². The number of fused-ring (bicyclic) bond motifs is 1. The molecule has 0 spiro atoms. The molecule has 33 heavy (non-hydrogen) atoms. The van der Waals surface area contributed by atoms with Crippen LogP contribution in [-0.4, -0.2) is 89.4 Å². The average molecular weight is 473 g/mol. The number of aryl methyl sites for hydroxylation is 1. The van der Waals surface area contributed by atoms with E-state index < -0.39 is 10.0 Å². The fourth-order valence-corrected chi connectivity index (χ4v) is 4.78. The summed E-state index contributed by atoms with van der Waals surface area (Å²) < 4.78 is 27.6. The number of sulfonamides is 1. The number of piperazine rings is 1. The van der Waals surface area contributed by atoms with Crippen molar-refractivity contribution >= 4 is 33.2 Å². The van der Waals surface area contributed by atoms with Gasteiger partial charge in [-0.25, -0.2) is 17.7 Å². The van der Waals surface area contributed by atoms with Crippen molar-refractivity contribution in [2.75, 3.05) is 50.5 Å². The average Bonchev–Trinajstić information content (AvgIpc) is 3.26. The number of carbonyl (C=O) groups excluding carboxylic acids is 1. The Balaban J connectivity index is 1.40. The smallest absolute Gasteiger partial charge is 0.254 e. The summed E-state index contributed by atoms with van der Waals surface area (Å²) in [6, 6.07) is 7.92. The number of benzene rings is 1. The van der Waals surface area contributed by atoms with Crippen LogP contribution in [0.5, 0.6) is 0 Å². The number of carbonyl (C=O) groups is 1. The molecule has 176 valence electrons. The van der Waals surface area contributed by atoms with E-state index in [0.717, 1.165) is 28.9 Å². The van der Waals surface area contributed by atoms with E-state index >= 15 is 0 Å². The third-order valence-electron chi connectivity index (χ3n) is 5.81. The Bertz CT molecular complexity index is 1270. The maximum absolute atomic E-state index is 12.9. The molecule has 1 atom stereocenters. The fraction of sp³-hybridized carbons (Fsp3) is 0.429. The second-order valence-corrected chi connectivity index (χ2v) is 10.4. The van der Waals surface area contributed by atoms with Crippen LogP contribution in [0.1, 0.15) is 12.6 Å². The number of hydrogen-bond donors (Lipinski definition) is 1. The molecule has 11 nitrogen and oxygen atoms in total. The van der Waals surface area contributed by atoms with Gasteiger partial charge in [0.05, 0.1) is 10.9 Å². The molecule has 0 saturated carbocycles. The van der Waals surface area contributed by atoms with Crippen LogP contribution in [0.15, 0.2) is 41.6 Å². The fourth-order valence-electron chi connectivity index (χ4n) is 3.83. The van der Waals surface area contributed by atoms with Crippen LogP contribution in [-0.2, 0) is 14.8 Å². The molecule has 0 bridgehead atoms. The molecular weight excluding hydrogens is 444 g/mol. The highest BCUT2D eigenvalue weighted by atomic mass is 32.2. The van der Waals surface area contributed by atoms with Gasteiger partial charge in [-0.15, -0.1) is 0 Å². The highest BCUT2D eigenvalue weighted by Gasteiger charge is 2.27. The van der Waals surface area contributed by atoms with Gasteiger partial charge in [0.1, 0.15) is 12.1 Å². The number of rotatable bonds is 6. The predicted octanol–water partition coefficient (Wildman–Crippen LogP) is 0.832. The van der Waals surface area contributed by atoms with Gasteiger partial charge in [-0.05, 0) is 32.0 Å². The number of anilines is 2. The molecule has 4 rings (SSSR count). The van der Waals surface area contributed by atoms with Crippen molar-refractivity contribution in [1.29, 1.82) is 0 Å². The van der Waals surface area contributed by atoms with Crippen LogP contribution < -0.4 is 10.2 Å². The largest absolute Gasteiger partial charge is 0.354 e. The molecule has 1 amide bonds. The standard InChI is InChI=1S/C21H28N8O3S/c1-15-12-19(29-21(24-15)22-14-23-29)28-10-8-27(9-11-28)16(2)20(30)25-17-6-5-7-18(13-17)33(31,32)26(3)4/h5-7,12-14,16H,8-11H2,1-4H3,(H,25,30). The number of aromatic nitrogens is 4. The van der Waals surface area contributed by atoms with Crippen LogP contribution in [0.4, 0.5) is 11.5 Å². The Morgan fingerprint density at radius 2 is 1.88 bits per heavy atom. The van der Waals surface area contributed by atoms with Gasteiger partial charge < -0.3 is 10.2 Å². The Hall–Kier alpha value is -3.09. The minimum Gasteiger partial charge on any atom is -0.354 e. The molecule has 1 aliphatic rings. The molecule has 3 aromatic rings.